The highest BCUT2D eigenvalue weighted by Crippen LogP contribution is 2.32. The summed E-state index contributed by atoms with van der Waals surface area (Å²) in [5, 5.41) is 8.67. The van der Waals surface area contributed by atoms with Crippen LogP contribution in [0, 0.1) is 11.6 Å². The number of pyridine rings is 1. The zero-order valence-corrected chi connectivity index (χ0v) is 9.75. The Labute approximate surface area is 105 Å². The van der Waals surface area contributed by atoms with Crippen molar-refractivity contribution in [3.05, 3.63) is 53.9 Å². The third-order valence-corrected chi connectivity index (χ3v) is 3.22. The van der Waals surface area contributed by atoms with Crippen LogP contribution in [-0.2, 0) is 0 Å². The van der Waals surface area contributed by atoms with E-state index in [1.54, 1.807) is 12.1 Å². The van der Waals surface area contributed by atoms with Crippen molar-refractivity contribution in [3.8, 4) is 0 Å². The Hall–Kier alpha value is -1.95. The molecule has 6 heteroatoms. The highest BCUT2D eigenvalue weighted by molar-refractivity contribution is 7.99. The van der Waals surface area contributed by atoms with Gasteiger partial charge in [0.2, 0.25) is 0 Å². The van der Waals surface area contributed by atoms with E-state index < -0.39 is 23.2 Å². The van der Waals surface area contributed by atoms with E-state index in [0.29, 0.717) is 4.90 Å². The molecule has 2 aromatic rings. The number of halogens is 2. The number of carboxylic acids is 1. The van der Waals surface area contributed by atoms with E-state index in [1.165, 1.54) is 12.4 Å². The van der Waals surface area contributed by atoms with Crippen molar-refractivity contribution in [1.29, 1.82) is 0 Å². The Morgan fingerprint density at radius 2 is 1.72 bits per heavy atom. The summed E-state index contributed by atoms with van der Waals surface area (Å²) in [4.78, 5) is 14.8. The molecule has 0 aliphatic heterocycles. The van der Waals surface area contributed by atoms with Crippen molar-refractivity contribution in [1.82, 2.24) is 4.98 Å². The quantitative estimate of drug-likeness (QED) is 0.927. The van der Waals surface area contributed by atoms with Gasteiger partial charge >= 0.3 is 5.97 Å². The first kappa shape index (κ1) is 12.5. The number of benzene rings is 1. The average molecular weight is 267 g/mol. The predicted octanol–water partition coefficient (Wildman–Crippen LogP) is 3.21. The van der Waals surface area contributed by atoms with Crippen LogP contribution in [0.5, 0.6) is 0 Å². The fourth-order valence-corrected chi connectivity index (χ4v) is 2.11. The Kier molecular flexibility index (Phi) is 3.57. The second-order valence-electron chi connectivity index (χ2n) is 3.36. The fraction of sp³-hybridized carbons (Fsp3) is 0. The monoisotopic (exact) mass is 267 g/mol. The lowest BCUT2D eigenvalue weighted by atomic mass is 10.2. The predicted molar refractivity (Wildman–Crippen MR) is 61.7 cm³/mol. The molecule has 0 amide bonds. The minimum Gasteiger partial charge on any atom is -0.478 e. The van der Waals surface area contributed by atoms with Crippen molar-refractivity contribution >= 4 is 17.7 Å². The molecule has 0 unspecified atom stereocenters. The van der Waals surface area contributed by atoms with Gasteiger partial charge in [-0.2, -0.15) is 0 Å². The summed E-state index contributed by atoms with van der Waals surface area (Å²) in [6.07, 6.45) is 3.01. The molecular weight excluding hydrogens is 260 g/mol. The smallest absolute Gasteiger partial charge is 0.335 e. The number of rotatable bonds is 3. The normalized spacial score (nSPS) is 10.3. The van der Waals surface area contributed by atoms with Crippen molar-refractivity contribution in [3.63, 3.8) is 0 Å². The highest BCUT2D eigenvalue weighted by Gasteiger charge is 2.15. The highest BCUT2D eigenvalue weighted by atomic mass is 32.2. The lowest BCUT2D eigenvalue weighted by Gasteiger charge is -2.05. The van der Waals surface area contributed by atoms with Gasteiger partial charge in [0, 0.05) is 17.3 Å². The van der Waals surface area contributed by atoms with Crippen LogP contribution in [0.2, 0.25) is 0 Å². The van der Waals surface area contributed by atoms with Crippen LogP contribution in [0.25, 0.3) is 0 Å². The Morgan fingerprint density at radius 3 is 2.22 bits per heavy atom. The third kappa shape index (κ3) is 2.65. The number of aromatic carboxylic acids is 1. The maximum absolute atomic E-state index is 13.6. The van der Waals surface area contributed by atoms with E-state index >= 15 is 0 Å². The van der Waals surface area contributed by atoms with Crippen LogP contribution in [0.1, 0.15) is 10.4 Å². The van der Waals surface area contributed by atoms with Gasteiger partial charge in [-0.1, -0.05) is 11.8 Å². The second kappa shape index (κ2) is 5.14. The molecule has 0 saturated carbocycles. The molecule has 0 atom stereocenters. The van der Waals surface area contributed by atoms with Crippen LogP contribution in [0.3, 0.4) is 0 Å². The first-order valence-corrected chi connectivity index (χ1v) is 5.70. The van der Waals surface area contributed by atoms with Crippen molar-refractivity contribution in [2.75, 3.05) is 0 Å². The first-order chi connectivity index (χ1) is 8.58. The standard InChI is InChI=1S/C12H7F2NO2S/c13-9-5-7(12(16)17)6-10(14)11(9)18-8-1-3-15-4-2-8/h1-6H,(H,16,17). The number of carboxylic acid groups (broad SMARTS) is 1. The van der Waals surface area contributed by atoms with Crippen LogP contribution in [0.15, 0.2) is 46.5 Å². The van der Waals surface area contributed by atoms with Crippen molar-refractivity contribution in [2.24, 2.45) is 0 Å². The summed E-state index contributed by atoms with van der Waals surface area (Å²) in [7, 11) is 0. The maximum Gasteiger partial charge on any atom is 0.335 e. The van der Waals surface area contributed by atoms with Crippen LogP contribution in [-0.4, -0.2) is 16.1 Å². The molecule has 0 spiro atoms. The van der Waals surface area contributed by atoms with Gasteiger partial charge in [-0.3, -0.25) is 4.98 Å². The Morgan fingerprint density at radius 1 is 1.17 bits per heavy atom. The van der Waals surface area contributed by atoms with E-state index in [0.717, 1.165) is 23.9 Å². The SMILES string of the molecule is O=C(O)c1cc(F)c(Sc2ccncc2)c(F)c1. The largest absolute Gasteiger partial charge is 0.478 e. The molecule has 0 aliphatic rings. The van der Waals surface area contributed by atoms with Crippen molar-refractivity contribution in [2.45, 2.75) is 9.79 Å². The minimum absolute atomic E-state index is 0.230. The van der Waals surface area contributed by atoms with E-state index in [1.807, 2.05) is 0 Å². The van der Waals surface area contributed by atoms with E-state index in [-0.39, 0.29) is 4.90 Å². The molecule has 0 bridgehead atoms. The van der Waals surface area contributed by atoms with Gasteiger partial charge in [0.15, 0.2) is 0 Å². The van der Waals surface area contributed by atoms with E-state index in [4.69, 9.17) is 5.11 Å². The number of aromatic nitrogens is 1. The summed E-state index contributed by atoms with van der Waals surface area (Å²) >= 11 is 0.878. The molecular formula is C12H7F2NO2S. The second-order valence-corrected chi connectivity index (χ2v) is 4.44. The van der Waals surface area contributed by atoms with Crippen LogP contribution in [0.4, 0.5) is 8.78 Å². The average Bonchev–Trinajstić information content (AvgIpc) is 2.34. The topological polar surface area (TPSA) is 50.2 Å². The van der Waals surface area contributed by atoms with Gasteiger partial charge in [0.1, 0.15) is 11.6 Å². The molecule has 0 saturated heterocycles. The molecule has 2 rings (SSSR count). The fourth-order valence-electron chi connectivity index (χ4n) is 1.30. The summed E-state index contributed by atoms with van der Waals surface area (Å²) in [5.41, 5.74) is -0.413. The lowest BCUT2D eigenvalue weighted by Crippen LogP contribution is -2.00. The lowest BCUT2D eigenvalue weighted by molar-refractivity contribution is 0.0695. The molecule has 0 fully saturated rings. The Bertz CT molecular complexity index is 567. The first-order valence-electron chi connectivity index (χ1n) is 4.88. The summed E-state index contributed by atoms with van der Waals surface area (Å²) in [5.74, 6) is -3.16. The van der Waals surface area contributed by atoms with Crippen LogP contribution < -0.4 is 0 Å². The maximum atomic E-state index is 13.6. The molecule has 0 aliphatic carbocycles. The van der Waals surface area contributed by atoms with Gasteiger partial charge in [-0.15, -0.1) is 0 Å². The van der Waals surface area contributed by atoms with E-state index in [9.17, 15) is 13.6 Å². The van der Waals surface area contributed by atoms with Crippen LogP contribution >= 0.6 is 11.8 Å². The molecule has 0 radical (unpaired) electrons. The summed E-state index contributed by atoms with van der Waals surface area (Å²) in [6, 6.07) is 4.81. The number of hydrogen-bond donors (Lipinski definition) is 1. The molecule has 1 aromatic heterocycles. The van der Waals surface area contributed by atoms with Gasteiger partial charge in [-0.25, -0.2) is 13.6 Å². The van der Waals surface area contributed by atoms with Crippen molar-refractivity contribution < 1.29 is 18.7 Å². The molecule has 1 N–H and O–H groups in total. The Balaban J connectivity index is 2.37. The molecule has 3 nitrogen and oxygen atoms in total. The van der Waals surface area contributed by atoms with Gasteiger partial charge in [0.25, 0.3) is 0 Å². The minimum atomic E-state index is -1.37. The molecule has 18 heavy (non-hydrogen) atoms. The molecule has 92 valence electrons. The number of nitrogens with zero attached hydrogens (tertiary/aromatic N) is 1. The third-order valence-electron chi connectivity index (χ3n) is 2.11. The zero-order chi connectivity index (χ0) is 13.1. The van der Waals surface area contributed by atoms with Gasteiger partial charge in [0.05, 0.1) is 10.5 Å². The van der Waals surface area contributed by atoms with E-state index in [2.05, 4.69) is 4.98 Å². The zero-order valence-electron chi connectivity index (χ0n) is 8.93. The number of carbonyl (C=O) groups is 1. The summed E-state index contributed by atoms with van der Waals surface area (Å²) < 4.78 is 27.2. The molecule has 1 aromatic carbocycles. The number of hydrogen-bond acceptors (Lipinski definition) is 3. The summed E-state index contributed by atoms with van der Waals surface area (Å²) in [6.45, 7) is 0. The van der Waals surface area contributed by atoms with Gasteiger partial charge < -0.3 is 5.11 Å². The molecule has 1 heterocycles. The van der Waals surface area contributed by atoms with Gasteiger partial charge in [-0.05, 0) is 24.3 Å².